The van der Waals surface area contributed by atoms with Crippen molar-refractivity contribution in [3.05, 3.63) is 76.5 Å². The number of benzene rings is 2. The second kappa shape index (κ2) is 11.3. The number of carbonyl (C=O) groups is 1. The molecule has 1 atom stereocenters. The number of hydrogen-bond acceptors (Lipinski definition) is 7. The Morgan fingerprint density at radius 2 is 1.70 bits per heavy atom. The molecule has 2 heterocycles. The molecule has 4 rings (SSSR count). The van der Waals surface area contributed by atoms with E-state index in [4.69, 9.17) is 23.2 Å². The van der Waals surface area contributed by atoms with Crippen LogP contribution in [0, 0.1) is 5.92 Å². The summed E-state index contributed by atoms with van der Waals surface area (Å²) in [6.45, 7) is 0.362. The molecule has 0 unspecified atom stereocenters. The van der Waals surface area contributed by atoms with Gasteiger partial charge in [-0.3, -0.25) is 4.79 Å². The van der Waals surface area contributed by atoms with Crippen molar-refractivity contribution in [2.24, 2.45) is 5.92 Å². The van der Waals surface area contributed by atoms with Crippen molar-refractivity contribution in [1.29, 1.82) is 0 Å². The minimum absolute atomic E-state index is 0.0322. The Hall–Kier alpha value is -2.77. The van der Waals surface area contributed by atoms with Gasteiger partial charge in [0.25, 0.3) is 10.0 Å². The fourth-order valence-electron chi connectivity index (χ4n) is 3.83. The van der Waals surface area contributed by atoms with Crippen molar-refractivity contribution in [1.82, 2.24) is 14.3 Å². The van der Waals surface area contributed by atoms with Gasteiger partial charge < -0.3 is 5.32 Å². The largest absolute Gasteiger partial charge is 0.326 e. The van der Waals surface area contributed by atoms with Crippen LogP contribution in [0.25, 0.3) is 0 Å². The Bertz CT molecular complexity index is 1490. The lowest BCUT2D eigenvalue weighted by Gasteiger charge is -2.31. The second-order valence-corrected chi connectivity index (χ2v) is 12.9. The zero-order chi connectivity index (χ0) is 26.6. The quantitative estimate of drug-likeness (QED) is 0.411. The first-order valence-electron chi connectivity index (χ1n) is 11.2. The summed E-state index contributed by atoms with van der Waals surface area (Å²) in [5.74, 6) is -1.22. The summed E-state index contributed by atoms with van der Waals surface area (Å²) in [6, 6.07) is 11.8. The minimum atomic E-state index is -3.91. The first kappa shape index (κ1) is 27.3. The van der Waals surface area contributed by atoms with Gasteiger partial charge in [-0.2, -0.15) is 0 Å². The maximum absolute atomic E-state index is 13.0. The maximum atomic E-state index is 13.0. The van der Waals surface area contributed by atoms with Crippen LogP contribution in [0.4, 0.5) is 11.6 Å². The van der Waals surface area contributed by atoms with Gasteiger partial charge in [-0.15, -0.1) is 0 Å². The van der Waals surface area contributed by atoms with E-state index in [9.17, 15) is 21.6 Å². The van der Waals surface area contributed by atoms with Crippen LogP contribution in [-0.4, -0.2) is 50.1 Å². The highest BCUT2D eigenvalue weighted by molar-refractivity contribution is 7.92. The average molecular weight is 585 g/mol. The van der Waals surface area contributed by atoms with Crippen molar-refractivity contribution < 1.29 is 21.6 Å². The summed E-state index contributed by atoms with van der Waals surface area (Å²) in [6.07, 6.45) is 3.88. The van der Waals surface area contributed by atoms with Crippen molar-refractivity contribution in [3.63, 3.8) is 0 Å². The van der Waals surface area contributed by atoms with E-state index >= 15 is 0 Å². The molecule has 1 aromatic heterocycles. The van der Waals surface area contributed by atoms with Crippen LogP contribution in [0.1, 0.15) is 18.4 Å². The highest BCUT2D eigenvalue weighted by Crippen LogP contribution is 2.26. The molecule has 14 heteroatoms. The van der Waals surface area contributed by atoms with Gasteiger partial charge in [0.05, 0.1) is 26.6 Å². The van der Waals surface area contributed by atoms with Crippen molar-refractivity contribution in [2.75, 3.05) is 23.1 Å². The highest BCUT2D eigenvalue weighted by atomic mass is 35.5. The number of sulfonamides is 2. The molecular weight excluding hydrogens is 561 g/mol. The molecule has 1 saturated heterocycles. The van der Waals surface area contributed by atoms with E-state index in [1.807, 2.05) is 0 Å². The summed E-state index contributed by atoms with van der Waals surface area (Å²) in [7, 11) is -7.60. The molecule has 2 N–H and O–H groups in total. The van der Waals surface area contributed by atoms with Crippen LogP contribution in [0.3, 0.4) is 0 Å². The molecular formula is C23H23Cl2N5O5S2. The number of rotatable bonds is 8. The summed E-state index contributed by atoms with van der Waals surface area (Å²) >= 11 is 11.9. The molecule has 37 heavy (non-hydrogen) atoms. The number of amides is 1. The lowest BCUT2D eigenvalue weighted by molar-refractivity contribution is -0.120. The predicted octanol–water partition coefficient (Wildman–Crippen LogP) is 3.76. The minimum Gasteiger partial charge on any atom is -0.326 e. The van der Waals surface area contributed by atoms with Crippen LogP contribution in [0.5, 0.6) is 0 Å². The van der Waals surface area contributed by atoms with Gasteiger partial charge in [-0.25, -0.2) is 35.8 Å². The van der Waals surface area contributed by atoms with Crippen molar-refractivity contribution in [3.8, 4) is 0 Å². The van der Waals surface area contributed by atoms with E-state index < -0.39 is 26.0 Å². The molecule has 0 spiro atoms. The normalized spacial score (nSPS) is 16.8. The fraction of sp³-hybridized carbons (Fsp3) is 0.261. The fourth-order valence-corrected chi connectivity index (χ4v) is 6.71. The molecule has 1 amide bonds. The number of nitrogens with zero attached hydrogens (tertiary/aromatic N) is 3. The van der Waals surface area contributed by atoms with E-state index in [2.05, 4.69) is 20.0 Å². The molecule has 196 valence electrons. The van der Waals surface area contributed by atoms with Gasteiger partial charge in [-0.05, 0) is 60.9 Å². The smallest absolute Gasteiger partial charge is 0.264 e. The third-order valence-electron chi connectivity index (χ3n) is 5.70. The molecule has 0 bridgehead atoms. The SMILES string of the molecule is O=C(Nc1ccc(S(=O)(=O)Nc2ncccn2)cc1)[C@@H]1CCCN(S(=O)(=O)Cc2ccc(Cl)c(Cl)c2)C1. The first-order chi connectivity index (χ1) is 17.5. The van der Waals surface area contributed by atoms with Gasteiger partial charge in [0.1, 0.15) is 0 Å². The molecule has 1 fully saturated rings. The lowest BCUT2D eigenvalue weighted by atomic mass is 9.99. The van der Waals surface area contributed by atoms with Crippen LogP contribution in [0.15, 0.2) is 65.8 Å². The Morgan fingerprint density at radius 1 is 1.00 bits per heavy atom. The van der Waals surface area contributed by atoms with Crippen LogP contribution < -0.4 is 10.0 Å². The second-order valence-electron chi connectivity index (χ2n) is 8.39. The Kier molecular flexibility index (Phi) is 8.34. The highest BCUT2D eigenvalue weighted by Gasteiger charge is 2.32. The molecule has 3 aromatic rings. The molecule has 1 aliphatic rings. The maximum Gasteiger partial charge on any atom is 0.264 e. The Balaban J connectivity index is 1.38. The molecule has 10 nitrogen and oxygen atoms in total. The van der Waals surface area contributed by atoms with E-state index in [1.54, 1.807) is 18.2 Å². The van der Waals surface area contributed by atoms with E-state index in [0.717, 1.165) is 0 Å². The molecule has 0 radical (unpaired) electrons. The zero-order valence-electron chi connectivity index (χ0n) is 19.3. The number of anilines is 2. The van der Waals surface area contributed by atoms with Gasteiger partial charge >= 0.3 is 0 Å². The molecule has 2 aromatic carbocycles. The monoisotopic (exact) mass is 583 g/mol. The van der Waals surface area contributed by atoms with Crippen LogP contribution in [0.2, 0.25) is 10.0 Å². The van der Waals surface area contributed by atoms with Gasteiger partial charge in [-0.1, -0.05) is 29.3 Å². The molecule has 1 aliphatic heterocycles. The zero-order valence-corrected chi connectivity index (χ0v) is 22.5. The predicted molar refractivity (Wildman–Crippen MR) is 141 cm³/mol. The summed E-state index contributed by atoms with van der Waals surface area (Å²) < 4.78 is 54.6. The number of hydrogen-bond donors (Lipinski definition) is 2. The Morgan fingerprint density at radius 3 is 2.38 bits per heavy atom. The number of piperidine rings is 1. The number of aromatic nitrogens is 2. The van der Waals surface area contributed by atoms with Crippen LogP contribution in [-0.2, 0) is 30.6 Å². The van der Waals surface area contributed by atoms with Crippen LogP contribution >= 0.6 is 23.2 Å². The third-order valence-corrected chi connectivity index (χ3v) is 9.60. The third kappa shape index (κ3) is 6.96. The topological polar surface area (TPSA) is 138 Å². The molecule has 0 aliphatic carbocycles. The number of carbonyl (C=O) groups excluding carboxylic acids is 1. The number of nitrogens with one attached hydrogen (secondary N) is 2. The summed E-state index contributed by atoms with van der Waals surface area (Å²) in [5.41, 5.74) is 0.889. The number of halogens is 2. The van der Waals surface area contributed by atoms with E-state index in [0.29, 0.717) is 35.7 Å². The molecule has 0 saturated carbocycles. The van der Waals surface area contributed by atoms with Gasteiger partial charge in [0.15, 0.2) is 0 Å². The standard InChI is InChI=1S/C23H23Cl2N5O5S2/c24-20-9-4-16(13-21(20)25)15-36(32,33)30-12-1-3-17(14-30)22(31)28-18-5-7-19(8-6-18)37(34,35)29-23-26-10-2-11-27-23/h2,4-11,13,17H,1,3,12,14-15H2,(H,28,31)(H,26,27,29)/t17-/m1/s1. The lowest BCUT2D eigenvalue weighted by Crippen LogP contribution is -2.44. The average Bonchev–Trinajstić information content (AvgIpc) is 2.87. The summed E-state index contributed by atoms with van der Waals surface area (Å²) in [4.78, 5) is 20.5. The van der Waals surface area contributed by atoms with E-state index in [-0.39, 0.29) is 34.1 Å². The van der Waals surface area contributed by atoms with Gasteiger partial charge in [0.2, 0.25) is 21.9 Å². The first-order valence-corrected chi connectivity index (χ1v) is 15.0. The Labute approximate surface area is 225 Å². The van der Waals surface area contributed by atoms with E-state index in [1.165, 1.54) is 47.0 Å². The summed E-state index contributed by atoms with van der Waals surface area (Å²) in [5, 5.41) is 3.35. The van der Waals surface area contributed by atoms with Crippen molar-refractivity contribution >= 4 is 60.8 Å². The van der Waals surface area contributed by atoms with Crippen molar-refractivity contribution in [2.45, 2.75) is 23.5 Å². The van der Waals surface area contributed by atoms with Gasteiger partial charge in [0, 0.05) is 31.2 Å².